The van der Waals surface area contributed by atoms with Crippen LogP contribution in [0.5, 0.6) is 0 Å². The van der Waals surface area contributed by atoms with E-state index < -0.39 is 6.04 Å². The van der Waals surface area contributed by atoms with Gasteiger partial charge in [0.15, 0.2) is 0 Å². The second kappa shape index (κ2) is 12.7. The lowest BCUT2D eigenvalue weighted by Gasteiger charge is -2.26. The van der Waals surface area contributed by atoms with Gasteiger partial charge in [-0.15, -0.1) is 0 Å². The van der Waals surface area contributed by atoms with Crippen LogP contribution in [0.3, 0.4) is 0 Å². The number of carbonyl (C=O) groups excluding carboxylic acids is 2. The summed E-state index contributed by atoms with van der Waals surface area (Å²) in [6, 6.07) is 13.2. The minimum Gasteiger partial charge on any atom is -0.357 e. The number of aldehydes is 1. The third kappa shape index (κ3) is 6.48. The van der Waals surface area contributed by atoms with Crippen LogP contribution in [0.1, 0.15) is 41.4 Å². The molecule has 1 aliphatic heterocycles. The first-order valence-corrected chi connectivity index (χ1v) is 13.7. The molecule has 1 N–H and O–H groups in total. The molecule has 1 aliphatic rings. The normalized spacial score (nSPS) is 14.5. The summed E-state index contributed by atoms with van der Waals surface area (Å²) in [6.07, 6.45) is 1.70. The van der Waals surface area contributed by atoms with Gasteiger partial charge in [0.1, 0.15) is 18.2 Å². The second-order valence-corrected chi connectivity index (χ2v) is 10.3. The number of amides is 1. The summed E-state index contributed by atoms with van der Waals surface area (Å²) in [5, 5.41) is 2.98. The van der Waals surface area contributed by atoms with Crippen LogP contribution in [0.4, 0.5) is 0 Å². The number of nitrogens with one attached hydrogen (secondary N) is 1. The van der Waals surface area contributed by atoms with Gasteiger partial charge in [-0.3, -0.25) is 19.1 Å². The molecule has 1 saturated heterocycles. The van der Waals surface area contributed by atoms with E-state index in [0.717, 1.165) is 31.5 Å². The van der Waals surface area contributed by atoms with Gasteiger partial charge in [0, 0.05) is 56.6 Å². The lowest BCUT2D eigenvalue weighted by Crippen LogP contribution is -2.37. The predicted molar refractivity (Wildman–Crippen MR) is 149 cm³/mol. The molecule has 0 spiro atoms. The molecule has 2 aromatic carbocycles. The molecule has 1 aromatic heterocycles. The van der Waals surface area contributed by atoms with E-state index in [2.05, 4.69) is 51.3 Å². The number of carbonyl (C=O) groups is 2. The average Bonchev–Trinajstić information content (AvgIpc) is 2.91. The van der Waals surface area contributed by atoms with E-state index in [-0.39, 0.29) is 24.3 Å². The Balaban J connectivity index is 1.58. The Morgan fingerprint density at radius 2 is 1.89 bits per heavy atom. The van der Waals surface area contributed by atoms with Gasteiger partial charge in [-0.2, -0.15) is 11.8 Å². The van der Waals surface area contributed by atoms with Crippen molar-refractivity contribution in [1.82, 2.24) is 19.8 Å². The highest BCUT2D eigenvalue weighted by atomic mass is 32.2. The third-order valence-electron chi connectivity index (χ3n) is 6.57. The first-order valence-electron chi connectivity index (χ1n) is 12.6. The summed E-state index contributed by atoms with van der Waals surface area (Å²) in [5.41, 5.74) is 3.21. The molecule has 0 radical (unpaired) electrons. The maximum atomic E-state index is 13.6. The Labute approximate surface area is 221 Å². The van der Waals surface area contributed by atoms with Gasteiger partial charge in [0.2, 0.25) is 5.91 Å². The zero-order chi connectivity index (χ0) is 26.2. The van der Waals surface area contributed by atoms with Gasteiger partial charge < -0.3 is 10.1 Å². The highest BCUT2D eigenvalue weighted by Gasteiger charge is 2.24. The van der Waals surface area contributed by atoms with E-state index in [1.54, 1.807) is 19.1 Å². The molecule has 0 aliphatic carbocycles. The zero-order valence-corrected chi connectivity index (χ0v) is 22.1. The SMILES string of the molecule is CNC(=O)C(CCC=O)n1c(C)nc2cccc(C#CCc3ccc(CN4CCSCC4)cc3)c2c1=O. The number of nitrogens with zero attached hydrogens (tertiary/aromatic N) is 3. The lowest BCUT2D eigenvalue weighted by atomic mass is 10.1. The maximum Gasteiger partial charge on any atom is 0.263 e. The fourth-order valence-electron chi connectivity index (χ4n) is 4.62. The van der Waals surface area contributed by atoms with Crippen molar-refractivity contribution in [2.45, 2.75) is 38.8 Å². The van der Waals surface area contributed by atoms with E-state index in [1.165, 1.54) is 28.7 Å². The highest BCUT2D eigenvalue weighted by Crippen LogP contribution is 2.19. The zero-order valence-electron chi connectivity index (χ0n) is 21.3. The third-order valence-corrected chi connectivity index (χ3v) is 7.52. The summed E-state index contributed by atoms with van der Waals surface area (Å²) >= 11 is 2.02. The minimum absolute atomic E-state index is 0.166. The first-order chi connectivity index (χ1) is 18.0. The molecule has 1 amide bonds. The Morgan fingerprint density at radius 3 is 2.59 bits per heavy atom. The molecule has 0 saturated carbocycles. The molecule has 1 fully saturated rings. The number of benzene rings is 2. The number of hydrogen-bond donors (Lipinski definition) is 1. The topological polar surface area (TPSA) is 84.3 Å². The molecule has 3 aromatic rings. The summed E-state index contributed by atoms with van der Waals surface area (Å²) < 4.78 is 1.38. The number of thioether (sulfide) groups is 1. The molecule has 8 heteroatoms. The van der Waals surface area contributed by atoms with E-state index in [4.69, 9.17) is 0 Å². The quantitative estimate of drug-likeness (QED) is 0.366. The summed E-state index contributed by atoms with van der Waals surface area (Å²) in [7, 11) is 1.52. The van der Waals surface area contributed by atoms with Crippen LogP contribution in [-0.4, -0.2) is 58.3 Å². The smallest absolute Gasteiger partial charge is 0.263 e. The van der Waals surface area contributed by atoms with E-state index in [9.17, 15) is 14.4 Å². The lowest BCUT2D eigenvalue weighted by molar-refractivity contribution is -0.124. The molecule has 2 heterocycles. The molecule has 7 nitrogen and oxygen atoms in total. The van der Waals surface area contributed by atoms with E-state index in [1.807, 2.05) is 17.8 Å². The fourth-order valence-corrected chi connectivity index (χ4v) is 5.60. The average molecular weight is 517 g/mol. The number of rotatable bonds is 8. The predicted octanol–water partition coefficient (Wildman–Crippen LogP) is 3.11. The monoisotopic (exact) mass is 516 g/mol. The van der Waals surface area contributed by atoms with Crippen LogP contribution >= 0.6 is 11.8 Å². The van der Waals surface area contributed by atoms with Crippen LogP contribution in [-0.2, 0) is 22.6 Å². The Kier molecular flexibility index (Phi) is 9.15. The van der Waals surface area contributed by atoms with Crippen molar-refractivity contribution in [2.75, 3.05) is 31.6 Å². The summed E-state index contributed by atoms with van der Waals surface area (Å²) in [4.78, 5) is 44.2. The molecular weight excluding hydrogens is 484 g/mol. The van der Waals surface area contributed by atoms with Crippen molar-refractivity contribution < 1.29 is 9.59 Å². The van der Waals surface area contributed by atoms with E-state index in [0.29, 0.717) is 28.7 Å². The van der Waals surface area contributed by atoms with Gasteiger partial charge in [-0.05, 0) is 36.6 Å². The number of likely N-dealkylation sites (N-methyl/N-ethyl adjacent to an activating group) is 1. The minimum atomic E-state index is -0.817. The molecule has 4 rings (SSSR count). The van der Waals surface area contributed by atoms with Crippen LogP contribution in [0.25, 0.3) is 10.9 Å². The molecule has 1 atom stereocenters. The van der Waals surface area contributed by atoms with Gasteiger partial charge in [-0.1, -0.05) is 42.2 Å². The van der Waals surface area contributed by atoms with Crippen molar-refractivity contribution in [3.8, 4) is 11.8 Å². The molecular formula is C29H32N4O3S. The Morgan fingerprint density at radius 1 is 1.16 bits per heavy atom. The summed E-state index contributed by atoms with van der Waals surface area (Å²) in [6.45, 7) is 4.95. The summed E-state index contributed by atoms with van der Waals surface area (Å²) in [5.74, 6) is 8.85. The Hall–Kier alpha value is -3.41. The largest absolute Gasteiger partial charge is 0.357 e. The standard InChI is InChI=1S/C29H32N4O3S/c1-21-31-25-9-4-8-24(27(25)29(36)33(21)26(10-5-17-34)28(35)30-2)7-3-6-22-11-13-23(14-12-22)20-32-15-18-37-19-16-32/h4,8-9,11-14,17,26H,5-6,10,15-16,18-20H2,1-2H3,(H,30,35). The Bertz CT molecular complexity index is 1380. The van der Waals surface area contributed by atoms with Crippen molar-refractivity contribution in [1.29, 1.82) is 0 Å². The first kappa shape index (κ1) is 26.6. The highest BCUT2D eigenvalue weighted by molar-refractivity contribution is 7.99. The van der Waals surface area contributed by atoms with Crippen molar-refractivity contribution in [2.24, 2.45) is 0 Å². The molecule has 0 bridgehead atoms. The number of aryl methyl sites for hydroxylation is 1. The van der Waals surface area contributed by atoms with Gasteiger partial charge in [0.25, 0.3) is 5.56 Å². The second-order valence-electron chi connectivity index (χ2n) is 9.09. The van der Waals surface area contributed by atoms with Crippen molar-refractivity contribution in [3.05, 3.63) is 75.3 Å². The number of hydrogen-bond acceptors (Lipinski definition) is 6. The van der Waals surface area contributed by atoms with Crippen LogP contribution in [0.2, 0.25) is 0 Å². The van der Waals surface area contributed by atoms with Gasteiger partial charge in [0.05, 0.1) is 10.9 Å². The molecule has 37 heavy (non-hydrogen) atoms. The van der Waals surface area contributed by atoms with Crippen molar-refractivity contribution in [3.63, 3.8) is 0 Å². The van der Waals surface area contributed by atoms with Gasteiger partial charge in [-0.25, -0.2) is 4.98 Å². The molecule has 1 unspecified atom stereocenters. The molecule has 192 valence electrons. The maximum absolute atomic E-state index is 13.6. The van der Waals surface area contributed by atoms with Crippen LogP contribution < -0.4 is 10.9 Å². The fraction of sp³-hybridized carbons (Fsp3) is 0.379. The van der Waals surface area contributed by atoms with Crippen LogP contribution in [0, 0.1) is 18.8 Å². The van der Waals surface area contributed by atoms with Gasteiger partial charge >= 0.3 is 0 Å². The van der Waals surface area contributed by atoms with Crippen LogP contribution in [0.15, 0.2) is 47.3 Å². The number of fused-ring (bicyclic) bond motifs is 1. The number of aromatic nitrogens is 2. The van der Waals surface area contributed by atoms with Crippen molar-refractivity contribution >= 4 is 34.9 Å². The van der Waals surface area contributed by atoms with E-state index >= 15 is 0 Å².